The van der Waals surface area contributed by atoms with Gasteiger partial charge in [0, 0.05) is 19.6 Å². The standard InChI is InChI=1S/C18H26N4O2/c1-13-17(24)22(14(2)16(19)23)18(20-13)8-10-21(11-9-18)12-15-6-4-3-5-7-15/h3-7,13-14,20H,8-12H2,1-2H3,(H2,19,23)/t13-,14-/m0/s1. The first-order valence-corrected chi connectivity index (χ1v) is 8.59. The van der Waals surface area contributed by atoms with Crippen molar-refractivity contribution < 1.29 is 9.59 Å². The number of hydrogen-bond acceptors (Lipinski definition) is 4. The van der Waals surface area contributed by atoms with Crippen LogP contribution in [0.5, 0.6) is 0 Å². The minimum absolute atomic E-state index is 0.0298. The lowest BCUT2D eigenvalue weighted by atomic mass is 9.94. The van der Waals surface area contributed by atoms with Crippen molar-refractivity contribution in [1.82, 2.24) is 15.1 Å². The van der Waals surface area contributed by atoms with Crippen molar-refractivity contribution in [2.45, 2.75) is 51.0 Å². The van der Waals surface area contributed by atoms with Crippen molar-refractivity contribution >= 4 is 11.8 Å². The first kappa shape index (κ1) is 16.9. The second-order valence-electron chi connectivity index (χ2n) is 6.95. The topological polar surface area (TPSA) is 78.7 Å². The van der Waals surface area contributed by atoms with Gasteiger partial charge in [-0.3, -0.25) is 19.8 Å². The van der Waals surface area contributed by atoms with Gasteiger partial charge >= 0.3 is 0 Å². The van der Waals surface area contributed by atoms with E-state index in [1.165, 1.54) is 5.56 Å². The molecule has 2 atom stereocenters. The Morgan fingerprint density at radius 3 is 2.54 bits per heavy atom. The summed E-state index contributed by atoms with van der Waals surface area (Å²) in [6, 6.07) is 9.53. The highest BCUT2D eigenvalue weighted by Gasteiger charge is 2.52. The molecule has 6 heteroatoms. The molecule has 1 aromatic carbocycles. The minimum atomic E-state index is -0.587. The third-order valence-electron chi connectivity index (χ3n) is 5.29. The summed E-state index contributed by atoms with van der Waals surface area (Å²) < 4.78 is 0. The lowest BCUT2D eigenvalue weighted by molar-refractivity contribution is -0.142. The highest BCUT2D eigenvalue weighted by molar-refractivity contribution is 5.91. The molecule has 2 saturated heterocycles. The molecule has 6 nitrogen and oxygen atoms in total. The first-order valence-electron chi connectivity index (χ1n) is 8.59. The molecule has 24 heavy (non-hydrogen) atoms. The predicted molar refractivity (Wildman–Crippen MR) is 91.8 cm³/mol. The number of rotatable bonds is 4. The summed E-state index contributed by atoms with van der Waals surface area (Å²) in [5, 5.41) is 3.43. The van der Waals surface area contributed by atoms with Gasteiger partial charge in [-0.1, -0.05) is 30.3 Å². The molecule has 2 aliphatic rings. The molecule has 3 rings (SSSR count). The number of likely N-dealkylation sites (tertiary alicyclic amines) is 1. The van der Waals surface area contributed by atoms with E-state index in [1.54, 1.807) is 11.8 Å². The van der Waals surface area contributed by atoms with Gasteiger partial charge in [0.15, 0.2) is 0 Å². The second kappa shape index (κ2) is 6.53. The number of primary amides is 1. The summed E-state index contributed by atoms with van der Waals surface area (Å²) in [6.45, 7) is 6.24. The van der Waals surface area contributed by atoms with Gasteiger partial charge in [-0.25, -0.2) is 0 Å². The lowest BCUT2D eigenvalue weighted by Gasteiger charge is -2.46. The summed E-state index contributed by atoms with van der Waals surface area (Å²) in [6.07, 6.45) is 1.60. The van der Waals surface area contributed by atoms with Gasteiger partial charge in [-0.2, -0.15) is 0 Å². The summed E-state index contributed by atoms with van der Waals surface area (Å²) in [5.41, 5.74) is 6.32. The van der Waals surface area contributed by atoms with E-state index in [4.69, 9.17) is 5.73 Å². The molecule has 2 fully saturated rings. The van der Waals surface area contributed by atoms with E-state index < -0.39 is 17.6 Å². The number of hydrogen-bond donors (Lipinski definition) is 2. The molecule has 0 aromatic heterocycles. The third kappa shape index (κ3) is 3.03. The molecule has 130 valence electrons. The maximum absolute atomic E-state index is 12.5. The summed E-state index contributed by atoms with van der Waals surface area (Å²) >= 11 is 0. The van der Waals surface area contributed by atoms with Crippen LogP contribution >= 0.6 is 0 Å². The normalized spacial score (nSPS) is 25.2. The van der Waals surface area contributed by atoms with Crippen molar-refractivity contribution in [1.29, 1.82) is 0 Å². The van der Waals surface area contributed by atoms with E-state index in [9.17, 15) is 9.59 Å². The number of benzene rings is 1. The van der Waals surface area contributed by atoms with Gasteiger partial charge in [0.1, 0.15) is 6.04 Å². The smallest absolute Gasteiger partial charge is 0.241 e. The van der Waals surface area contributed by atoms with Gasteiger partial charge < -0.3 is 10.6 Å². The molecule has 0 saturated carbocycles. The fourth-order valence-corrected chi connectivity index (χ4v) is 3.95. The Balaban J connectivity index is 1.71. The number of amides is 2. The average Bonchev–Trinajstić information content (AvgIpc) is 2.81. The van der Waals surface area contributed by atoms with E-state index in [-0.39, 0.29) is 11.9 Å². The van der Waals surface area contributed by atoms with Crippen molar-refractivity contribution in [3.05, 3.63) is 35.9 Å². The Kier molecular flexibility index (Phi) is 4.60. The first-order chi connectivity index (χ1) is 11.4. The maximum atomic E-state index is 12.5. The van der Waals surface area contributed by atoms with Crippen molar-refractivity contribution in [3.63, 3.8) is 0 Å². The minimum Gasteiger partial charge on any atom is -0.368 e. The zero-order valence-corrected chi connectivity index (χ0v) is 14.4. The number of carbonyl (C=O) groups is 2. The predicted octanol–water partition coefficient (Wildman–Crippen LogP) is 0.673. The Morgan fingerprint density at radius 1 is 1.33 bits per heavy atom. The van der Waals surface area contributed by atoms with Crippen LogP contribution in [-0.2, 0) is 16.1 Å². The highest BCUT2D eigenvalue weighted by Crippen LogP contribution is 2.34. The van der Waals surface area contributed by atoms with Gasteiger partial charge in [0.2, 0.25) is 11.8 Å². The molecule has 2 amide bonds. The Morgan fingerprint density at radius 2 is 1.96 bits per heavy atom. The third-order valence-corrected chi connectivity index (χ3v) is 5.29. The highest BCUT2D eigenvalue weighted by atomic mass is 16.2. The zero-order chi connectivity index (χ0) is 17.3. The van der Waals surface area contributed by atoms with Crippen LogP contribution in [0.3, 0.4) is 0 Å². The van der Waals surface area contributed by atoms with Crippen molar-refractivity contribution in [2.24, 2.45) is 5.73 Å². The molecule has 0 bridgehead atoms. The monoisotopic (exact) mass is 330 g/mol. The zero-order valence-electron chi connectivity index (χ0n) is 14.4. The van der Waals surface area contributed by atoms with Crippen LogP contribution in [0.25, 0.3) is 0 Å². The summed E-state index contributed by atoms with van der Waals surface area (Å²) in [5.74, 6) is -0.483. The van der Waals surface area contributed by atoms with E-state index in [2.05, 4.69) is 34.5 Å². The number of carbonyl (C=O) groups excluding carboxylic acids is 2. The Bertz CT molecular complexity index is 611. The Labute approximate surface area is 143 Å². The molecule has 1 spiro atoms. The van der Waals surface area contributed by atoms with Crippen LogP contribution in [0.2, 0.25) is 0 Å². The maximum Gasteiger partial charge on any atom is 0.241 e. The number of piperidine rings is 1. The lowest BCUT2D eigenvalue weighted by Crippen LogP contribution is -2.62. The average molecular weight is 330 g/mol. The SMILES string of the molecule is C[C@@H]1NC2(CCN(Cc3ccccc3)CC2)N([C@@H](C)C(N)=O)C1=O. The molecule has 2 heterocycles. The van der Waals surface area contributed by atoms with E-state index >= 15 is 0 Å². The summed E-state index contributed by atoms with van der Waals surface area (Å²) in [7, 11) is 0. The van der Waals surface area contributed by atoms with Crippen LogP contribution in [0.1, 0.15) is 32.3 Å². The Hall–Kier alpha value is -1.92. The molecular formula is C18H26N4O2. The number of nitrogens with one attached hydrogen (secondary N) is 1. The van der Waals surface area contributed by atoms with Crippen molar-refractivity contribution in [3.8, 4) is 0 Å². The molecule has 2 aliphatic heterocycles. The number of nitrogens with zero attached hydrogens (tertiary/aromatic N) is 2. The second-order valence-corrected chi connectivity index (χ2v) is 6.95. The van der Waals surface area contributed by atoms with Crippen LogP contribution < -0.4 is 11.1 Å². The van der Waals surface area contributed by atoms with E-state index in [0.717, 1.165) is 32.5 Å². The molecule has 1 aromatic rings. The molecule has 0 unspecified atom stereocenters. The number of nitrogens with two attached hydrogens (primary N) is 1. The molecule has 3 N–H and O–H groups in total. The molecule has 0 aliphatic carbocycles. The largest absolute Gasteiger partial charge is 0.368 e. The fraction of sp³-hybridized carbons (Fsp3) is 0.556. The fourth-order valence-electron chi connectivity index (χ4n) is 3.95. The van der Waals surface area contributed by atoms with Gasteiger partial charge in [-0.15, -0.1) is 0 Å². The van der Waals surface area contributed by atoms with Crippen LogP contribution in [0, 0.1) is 0 Å². The summed E-state index contributed by atoms with van der Waals surface area (Å²) in [4.78, 5) is 28.3. The van der Waals surface area contributed by atoms with Crippen LogP contribution in [0.15, 0.2) is 30.3 Å². The molecule has 0 radical (unpaired) electrons. The van der Waals surface area contributed by atoms with Gasteiger partial charge in [0.25, 0.3) is 0 Å². The van der Waals surface area contributed by atoms with Crippen molar-refractivity contribution in [2.75, 3.05) is 13.1 Å². The van der Waals surface area contributed by atoms with E-state index in [0.29, 0.717) is 0 Å². The van der Waals surface area contributed by atoms with Crippen LogP contribution in [-0.4, -0.2) is 52.5 Å². The van der Waals surface area contributed by atoms with Crippen LogP contribution in [0.4, 0.5) is 0 Å². The molecular weight excluding hydrogens is 304 g/mol. The van der Waals surface area contributed by atoms with Gasteiger partial charge in [0.05, 0.1) is 11.7 Å². The van der Waals surface area contributed by atoms with E-state index in [1.807, 2.05) is 13.0 Å². The quantitative estimate of drug-likeness (QED) is 0.851. The van der Waals surface area contributed by atoms with Gasteiger partial charge in [-0.05, 0) is 32.3 Å².